The van der Waals surface area contributed by atoms with Crippen LogP contribution in [0, 0.1) is 0 Å². The van der Waals surface area contributed by atoms with Crippen LogP contribution in [0.15, 0.2) is 0 Å². The molecule has 0 aromatic rings. The average Bonchev–Trinajstić information content (AvgIpc) is 2.44. The first kappa shape index (κ1) is 13.8. The number of nitrogens with zero attached hydrogens (tertiary/aromatic N) is 3. The highest BCUT2D eigenvalue weighted by molar-refractivity contribution is 6.29. The molecule has 0 saturated carbocycles. The highest BCUT2D eigenvalue weighted by Gasteiger charge is 2.26. The SMILES string of the molecule is CN1CCN2CCNC(Cl)C(Cl)N(CC1)CC2. The van der Waals surface area contributed by atoms with Gasteiger partial charge >= 0.3 is 0 Å². The first-order valence-corrected chi connectivity index (χ1v) is 7.20. The number of hydrogen-bond donors (Lipinski definition) is 1. The van der Waals surface area contributed by atoms with E-state index < -0.39 is 0 Å². The van der Waals surface area contributed by atoms with Gasteiger partial charge in [0.15, 0.2) is 0 Å². The molecule has 2 saturated heterocycles. The Morgan fingerprint density at radius 1 is 0.941 bits per heavy atom. The molecular formula is C11H22Cl2N4. The number of halogens is 2. The van der Waals surface area contributed by atoms with Gasteiger partial charge in [0.05, 0.1) is 0 Å². The number of alkyl halides is 2. The van der Waals surface area contributed by atoms with Gasteiger partial charge in [-0.2, -0.15) is 0 Å². The van der Waals surface area contributed by atoms with Gasteiger partial charge in [0, 0.05) is 52.4 Å². The Bertz CT molecular complexity index is 242. The quantitative estimate of drug-likeness (QED) is 0.508. The van der Waals surface area contributed by atoms with Crippen molar-refractivity contribution in [2.75, 3.05) is 59.4 Å². The van der Waals surface area contributed by atoms with Crippen LogP contribution in [0.3, 0.4) is 0 Å². The molecule has 2 aliphatic heterocycles. The maximum Gasteiger partial charge on any atom is 0.115 e. The van der Waals surface area contributed by atoms with Crippen molar-refractivity contribution in [1.82, 2.24) is 20.0 Å². The average molecular weight is 281 g/mol. The topological polar surface area (TPSA) is 21.8 Å². The summed E-state index contributed by atoms with van der Waals surface area (Å²) in [5.41, 5.74) is -0.288. The third-order valence-corrected chi connectivity index (χ3v) is 4.68. The fraction of sp³-hybridized carbons (Fsp3) is 1.00. The molecule has 2 aliphatic rings. The molecule has 0 aromatic carbocycles. The van der Waals surface area contributed by atoms with Crippen LogP contribution in [0.1, 0.15) is 0 Å². The summed E-state index contributed by atoms with van der Waals surface area (Å²) < 4.78 is 0. The lowest BCUT2D eigenvalue weighted by Gasteiger charge is -2.30. The molecule has 2 fully saturated rings. The number of rotatable bonds is 0. The van der Waals surface area contributed by atoms with Crippen molar-refractivity contribution < 1.29 is 0 Å². The fourth-order valence-corrected chi connectivity index (χ4v) is 2.88. The smallest absolute Gasteiger partial charge is 0.115 e. The molecule has 17 heavy (non-hydrogen) atoms. The van der Waals surface area contributed by atoms with Gasteiger partial charge in [-0.25, -0.2) is 0 Å². The Kier molecular flexibility index (Phi) is 5.33. The Morgan fingerprint density at radius 2 is 1.59 bits per heavy atom. The van der Waals surface area contributed by atoms with E-state index in [1.165, 1.54) is 0 Å². The standard InChI is InChI=1S/C11H22Cl2N4/c1-15-4-6-16-3-2-14-10(12)11(13)17(8-5-15)9-7-16/h10-11,14H,2-9H2,1H3. The number of nitrogens with one attached hydrogen (secondary N) is 1. The first-order valence-electron chi connectivity index (χ1n) is 6.33. The molecule has 4 atom stereocenters. The second-order valence-electron chi connectivity index (χ2n) is 4.91. The monoisotopic (exact) mass is 280 g/mol. The van der Waals surface area contributed by atoms with Gasteiger partial charge in [0.2, 0.25) is 0 Å². The van der Waals surface area contributed by atoms with Crippen LogP contribution < -0.4 is 5.32 Å². The lowest BCUT2D eigenvalue weighted by Crippen LogP contribution is -2.47. The summed E-state index contributed by atoms with van der Waals surface area (Å²) in [6, 6.07) is 0. The Hall–Kier alpha value is 0.420. The fourth-order valence-electron chi connectivity index (χ4n) is 2.33. The van der Waals surface area contributed by atoms with Crippen molar-refractivity contribution >= 4 is 23.2 Å². The minimum atomic E-state index is -0.165. The zero-order valence-corrected chi connectivity index (χ0v) is 11.9. The predicted octanol–water partition coefficient (Wildman–Crippen LogP) is 0.269. The molecule has 2 rings (SSSR count). The van der Waals surface area contributed by atoms with Crippen molar-refractivity contribution in [3.63, 3.8) is 0 Å². The summed E-state index contributed by atoms with van der Waals surface area (Å²) in [4.78, 5) is 7.14. The van der Waals surface area contributed by atoms with Crippen molar-refractivity contribution in [3.05, 3.63) is 0 Å². The number of likely N-dealkylation sites (N-methyl/N-ethyl adjacent to an activating group) is 1. The number of fused-ring (bicyclic) bond motifs is 3. The van der Waals surface area contributed by atoms with Crippen molar-refractivity contribution in [1.29, 1.82) is 0 Å². The minimum absolute atomic E-state index is 0.122. The van der Waals surface area contributed by atoms with Crippen LogP contribution in [0.4, 0.5) is 0 Å². The van der Waals surface area contributed by atoms with Crippen LogP contribution in [0.5, 0.6) is 0 Å². The molecule has 4 nitrogen and oxygen atoms in total. The van der Waals surface area contributed by atoms with E-state index in [4.69, 9.17) is 23.2 Å². The lowest BCUT2D eigenvalue weighted by molar-refractivity contribution is 0.213. The molecular weight excluding hydrogens is 259 g/mol. The summed E-state index contributed by atoms with van der Waals surface area (Å²) in [6.07, 6.45) is 0. The van der Waals surface area contributed by atoms with Gasteiger partial charge in [-0.15, -0.1) is 23.2 Å². The molecule has 2 heterocycles. The van der Waals surface area contributed by atoms with E-state index in [-0.39, 0.29) is 11.0 Å². The van der Waals surface area contributed by atoms with E-state index in [1.54, 1.807) is 0 Å². The van der Waals surface area contributed by atoms with E-state index in [2.05, 4.69) is 27.1 Å². The van der Waals surface area contributed by atoms with Crippen LogP contribution in [0.2, 0.25) is 0 Å². The van der Waals surface area contributed by atoms with E-state index >= 15 is 0 Å². The van der Waals surface area contributed by atoms with E-state index in [1.807, 2.05) is 0 Å². The van der Waals surface area contributed by atoms with Crippen LogP contribution in [-0.4, -0.2) is 85.1 Å². The van der Waals surface area contributed by atoms with Gasteiger partial charge in [-0.3, -0.25) is 15.1 Å². The first-order chi connectivity index (χ1) is 8.16. The zero-order valence-electron chi connectivity index (χ0n) is 10.4. The molecule has 0 spiro atoms. The largest absolute Gasteiger partial charge is 0.304 e. The van der Waals surface area contributed by atoms with Crippen molar-refractivity contribution in [2.45, 2.75) is 11.0 Å². The molecule has 0 aliphatic carbocycles. The summed E-state index contributed by atoms with van der Waals surface area (Å²) in [6.45, 7) is 8.36. The van der Waals surface area contributed by atoms with Gasteiger partial charge < -0.3 is 4.90 Å². The highest BCUT2D eigenvalue weighted by Crippen LogP contribution is 2.15. The maximum atomic E-state index is 6.43. The molecule has 2 bridgehead atoms. The molecule has 0 radical (unpaired) electrons. The second-order valence-corrected chi connectivity index (χ2v) is 5.83. The van der Waals surface area contributed by atoms with Gasteiger partial charge in [0.25, 0.3) is 0 Å². The zero-order chi connectivity index (χ0) is 12.3. The van der Waals surface area contributed by atoms with E-state index in [9.17, 15) is 0 Å². The van der Waals surface area contributed by atoms with Gasteiger partial charge in [-0.1, -0.05) is 0 Å². The van der Waals surface area contributed by atoms with E-state index in [0.29, 0.717) is 0 Å². The third kappa shape index (κ3) is 3.94. The van der Waals surface area contributed by atoms with Crippen LogP contribution in [0.25, 0.3) is 0 Å². The van der Waals surface area contributed by atoms with Crippen molar-refractivity contribution in [3.8, 4) is 0 Å². The molecule has 0 amide bonds. The van der Waals surface area contributed by atoms with E-state index in [0.717, 1.165) is 52.4 Å². The summed E-state index contributed by atoms with van der Waals surface area (Å²) in [7, 11) is 2.17. The Morgan fingerprint density at radius 3 is 2.41 bits per heavy atom. The summed E-state index contributed by atoms with van der Waals surface area (Å²) >= 11 is 12.7. The number of hydrogen-bond acceptors (Lipinski definition) is 4. The highest BCUT2D eigenvalue weighted by atomic mass is 35.5. The Balaban J connectivity index is 2.07. The Labute approximate surface area is 114 Å². The van der Waals surface area contributed by atoms with Crippen LogP contribution >= 0.6 is 23.2 Å². The third-order valence-electron chi connectivity index (χ3n) is 3.63. The molecule has 4 unspecified atom stereocenters. The normalized spacial score (nSPS) is 41.8. The van der Waals surface area contributed by atoms with Crippen LogP contribution in [-0.2, 0) is 0 Å². The molecule has 100 valence electrons. The van der Waals surface area contributed by atoms with Gasteiger partial charge in [0.1, 0.15) is 11.0 Å². The molecule has 6 heteroatoms. The maximum absolute atomic E-state index is 6.43. The predicted molar refractivity (Wildman–Crippen MR) is 72.8 cm³/mol. The van der Waals surface area contributed by atoms with Crippen molar-refractivity contribution in [2.24, 2.45) is 0 Å². The summed E-state index contributed by atoms with van der Waals surface area (Å²) in [5, 5.41) is 3.30. The lowest BCUT2D eigenvalue weighted by atomic mass is 10.4. The molecule has 1 N–H and O–H groups in total. The van der Waals surface area contributed by atoms with Gasteiger partial charge in [-0.05, 0) is 7.05 Å². The minimum Gasteiger partial charge on any atom is -0.304 e. The second kappa shape index (κ2) is 6.55. The molecule has 0 aromatic heterocycles. The summed E-state index contributed by atoms with van der Waals surface area (Å²) in [5.74, 6) is 0.